The van der Waals surface area contributed by atoms with E-state index in [2.05, 4.69) is 24.8 Å². The van der Waals surface area contributed by atoms with E-state index in [1.165, 1.54) is 11.1 Å². The Balaban J connectivity index is 1.14. The number of piperazine rings is 1. The molecule has 38 heavy (non-hydrogen) atoms. The number of ketones is 2. The number of amides is 1. The van der Waals surface area contributed by atoms with Gasteiger partial charge in [0.15, 0.2) is 11.6 Å². The van der Waals surface area contributed by atoms with Gasteiger partial charge in [0.25, 0.3) is 5.91 Å². The van der Waals surface area contributed by atoms with Crippen molar-refractivity contribution in [3.05, 3.63) is 59.2 Å². The Morgan fingerprint density at radius 1 is 1.00 bits per heavy atom. The van der Waals surface area contributed by atoms with E-state index in [1.54, 1.807) is 0 Å². The Kier molecular flexibility index (Phi) is 6.27. The van der Waals surface area contributed by atoms with Crippen molar-refractivity contribution in [3.8, 4) is 0 Å². The Morgan fingerprint density at radius 3 is 2.47 bits per heavy atom. The van der Waals surface area contributed by atoms with Crippen LogP contribution >= 0.6 is 0 Å². The van der Waals surface area contributed by atoms with Gasteiger partial charge in [-0.1, -0.05) is 49.3 Å². The van der Waals surface area contributed by atoms with Crippen molar-refractivity contribution in [2.75, 3.05) is 32.7 Å². The molecule has 202 valence electrons. The lowest BCUT2D eigenvalue weighted by Crippen LogP contribution is -2.58. The summed E-state index contributed by atoms with van der Waals surface area (Å²) in [6, 6.07) is 9.34. The quantitative estimate of drug-likeness (QED) is 0.607. The van der Waals surface area contributed by atoms with Gasteiger partial charge < -0.3 is 10.0 Å². The third-order valence-corrected chi connectivity index (χ3v) is 11.0. The van der Waals surface area contributed by atoms with Gasteiger partial charge >= 0.3 is 0 Å². The van der Waals surface area contributed by atoms with Crippen LogP contribution in [0.4, 0.5) is 0 Å². The van der Waals surface area contributed by atoms with Crippen LogP contribution in [0.25, 0.3) is 0 Å². The van der Waals surface area contributed by atoms with Crippen molar-refractivity contribution in [1.82, 2.24) is 9.80 Å². The van der Waals surface area contributed by atoms with Gasteiger partial charge in [0.2, 0.25) is 0 Å². The monoisotopic (exact) mass is 516 g/mol. The molecule has 2 saturated carbocycles. The number of aliphatic hydroxyl groups is 1. The summed E-state index contributed by atoms with van der Waals surface area (Å²) in [5.41, 5.74) is 1.61. The molecule has 6 nitrogen and oxygen atoms in total. The van der Waals surface area contributed by atoms with E-state index in [4.69, 9.17) is 0 Å². The van der Waals surface area contributed by atoms with E-state index < -0.39 is 11.0 Å². The first-order chi connectivity index (χ1) is 18.2. The van der Waals surface area contributed by atoms with E-state index in [0.29, 0.717) is 56.9 Å². The molecule has 4 aliphatic carbocycles. The highest BCUT2D eigenvalue weighted by atomic mass is 16.3. The number of hydrogen-bond acceptors (Lipinski definition) is 5. The number of benzene rings is 1. The van der Waals surface area contributed by atoms with Crippen LogP contribution in [0, 0.1) is 22.7 Å². The lowest BCUT2D eigenvalue weighted by Gasteiger charge is -2.54. The number of carbonyl (C=O) groups excluding carboxylic acids is 3. The number of allylic oxidation sites excluding steroid dienone is 4. The average Bonchev–Trinajstić information content (AvgIpc) is 3.21. The van der Waals surface area contributed by atoms with Crippen molar-refractivity contribution < 1.29 is 19.5 Å². The first-order valence-corrected chi connectivity index (χ1v) is 14.4. The first kappa shape index (κ1) is 25.7. The van der Waals surface area contributed by atoms with Gasteiger partial charge in [0.1, 0.15) is 5.60 Å². The summed E-state index contributed by atoms with van der Waals surface area (Å²) in [5.74, 6) is 0.884. The Hall–Kier alpha value is -2.57. The normalized spacial score (nSPS) is 37.0. The largest absolute Gasteiger partial charge is 0.381 e. The second kappa shape index (κ2) is 9.27. The van der Waals surface area contributed by atoms with Crippen molar-refractivity contribution >= 4 is 17.5 Å². The van der Waals surface area contributed by atoms with E-state index in [9.17, 15) is 19.5 Å². The topological polar surface area (TPSA) is 77.9 Å². The molecule has 1 heterocycles. The Bertz CT molecular complexity index is 1210. The summed E-state index contributed by atoms with van der Waals surface area (Å²) >= 11 is 0. The molecule has 0 unspecified atom stereocenters. The number of rotatable bonds is 4. The molecule has 1 N–H and O–H groups in total. The van der Waals surface area contributed by atoms with Gasteiger partial charge in [0, 0.05) is 49.0 Å². The maximum Gasteiger partial charge on any atom is 0.253 e. The minimum atomic E-state index is -1.32. The molecular formula is C32H40N2O4. The molecule has 5 aliphatic rings. The zero-order valence-electron chi connectivity index (χ0n) is 22.7. The van der Waals surface area contributed by atoms with Crippen molar-refractivity contribution in [3.63, 3.8) is 0 Å². The second-order valence-corrected chi connectivity index (χ2v) is 12.8. The Labute approximate surface area is 225 Å². The number of Topliss-reactive ketones (excluding diaryl/α,β-unsaturated/α-hetero) is 1. The van der Waals surface area contributed by atoms with Crippen molar-refractivity contribution in [2.24, 2.45) is 22.7 Å². The highest BCUT2D eigenvalue weighted by molar-refractivity contribution is 5.94. The molecule has 1 aromatic carbocycles. The standard InChI is InChI=1S/C32H40N2O4/c1-30-13-10-24(35)20-23(30)8-9-25-26(30)11-14-31(2)27(25)12-15-32(31,38)28(36)21-33-16-18-34(19-17-33)29(37)22-6-4-3-5-7-22/h3-7,11,20,25,27,38H,8-10,12-19,21H2,1-2H3/t25-,27+,30+,31+,32+/m1/s1. The predicted molar refractivity (Wildman–Crippen MR) is 145 cm³/mol. The van der Waals surface area contributed by atoms with Crippen LogP contribution in [-0.2, 0) is 9.59 Å². The molecule has 1 aliphatic heterocycles. The van der Waals surface area contributed by atoms with Crippen molar-refractivity contribution in [2.45, 2.75) is 64.4 Å². The zero-order valence-corrected chi connectivity index (χ0v) is 22.7. The number of carbonyl (C=O) groups is 3. The highest BCUT2D eigenvalue weighted by Crippen LogP contribution is 2.65. The lowest BCUT2D eigenvalue weighted by molar-refractivity contribution is -0.154. The van der Waals surface area contributed by atoms with Crippen LogP contribution in [0.1, 0.15) is 69.2 Å². The maximum absolute atomic E-state index is 13.8. The minimum Gasteiger partial charge on any atom is -0.381 e. The third kappa shape index (κ3) is 3.86. The average molecular weight is 517 g/mol. The number of hydrogen-bond donors (Lipinski definition) is 1. The maximum atomic E-state index is 13.8. The summed E-state index contributed by atoms with van der Waals surface area (Å²) in [7, 11) is 0. The molecule has 1 aromatic rings. The van der Waals surface area contributed by atoms with Crippen molar-refractivity contribution in [1.29, 1.82) is 0 Å². The first-order valence-electron chi connectivity index (χ1n) is 14.4. The number of nitrogens with zero attached hydrogens (tertiary/aromatic N) is 2. The van der Waals surface area contributed by atoms with E-state index in [1.807, 2.05) is 41.3 Å². The summed E-state index contributed by atoms with van der Waals surface area (Å²) < 4.78 is 0. The third-order valence-electron chi connectivity index (χ3n) is 11.0. The van der Waals surface area contributed by atoms with E-state index in [-0.39, 0.29) is 35.4 Å². The highest BCUT2D eigenvalue weighted by Gasteiger charge is 2.64. The lowest BCUT2D eigenvalue weighted by atomic mass is 9.50. The zero-order chi connectivity index (χ0) is 26.7. The summed E-state index contributed by atoms with van der Waals surface area (Å²) in [4.78, 5) is 42.7. The van der Waals surface area contributed by atoms with Gasteiger partial charge in [-0.2, -0.15) is 0 Å². The smallest absolute Gasteiger partial charge is 0.253 e. The molecule has 6 rings (SSSR count). The minimum absolute atomic E-state index is 0.0349. The van der Waals surface area contributed by atoms with Gasteiger partial charge in [-0.3, -0.25) is 19.3 Å². The van der Waals surface area contributed by atoms with Crippen LogP contribution in [0.15, 0.2) is 53.6 Å². The molecule has 1 amide bonds. The molecule has 0 spiro atoms. The van der Waals surface area contributed by atoms with Crippen LogP contribution in [0.2, 0.25) is 0 Å². The molecule has 3 fully saturated rings. The number of fused-ring (bicyclic) bond motifs is 5. The van der Waals surface area contributed by atoms with Gasteiger partial charge in [-0.05, 0) is 68.6 Å². The van der Waals surface area contributed by atoms with E-state index >= 15 is 0 Å². The fourth-order valence-corrected chi connectivity index (χ4v) is 8.53. The molecule has 5 atom stereocenters. The predicted octanol–water partition coefficient (Wildman–Crippen LogP) is 4.20. The SMILES string of the molecule is C[C@]12CCC(=O)C=C1CC[C@@H]1C2=CC[C@@]2(C)[C@H]1CC[C@]2(O)C(=O)CN1CCN(C(=O)c2ccccc2)CC1. The summed E-state index contributed by atoms with van der Waals surface area (Å²) in [6.45, 7) is 7.14. The van der Waals surface area contributed by atoms with Gasteiger partial charge in [-0.15, -0.1) is 0 Å². The molecule has 0 bridgehead atoms. The van der Waals surface area contributed by atoms with Gasteiger partial charge in [0.05, 0.1) is 6.54 Å². The van der Waals surface area contributed by atoms with Crippen LogP contribution in [0.5, 0.6) is 0 Å². The molecular weight excluding hydrogens is 476 g/mol. The second-order valence-electron chi connectivity index (χ2n) is 12.8. The van der Waals surface area contributed by atoms with Crippen LogP contribution in [0.3, 0.4) is 0 Å². The molecule has 0 radical (unpaired) electrons. The fourth-order valence-electron chi connectivity index (χ4n) is 8.53. The fraction of sp³-hybridized carbons (Fsp3) is 0.594. The Morgan fingerprint density at radius 2 is 1.74 bits per heavy atom. The van der Waals surface area contributed by atoms with Crippen LogP contribution in [-0.4, -0.2) is 70.7 Å². The van der Waals surface area contributed by atoms with Crippen LogP contribution < -0.4 is 0 Å². The molecule has 1 saturated heterocycles. The molecule has 0 aromatic heterocycles. The van der Waals surface area contributed by atoms with Gasteiger partial charge in [-0.25, -0.2) is 0 Å². The van der Waals surface area contributed by atoms with E-state index in [0.717, 1.165) is 25.7 Å². The summed E-state index contributed by atoms with van der Waals surface area (Å²) in [5, 5.41) is 12.0. The summed E-state index contributed by atoms with van der Waals surface area (Å²) in [6.07, 6.45) is 9.77. The molecule has 6 heteroatoms.